The van der Waals surface area contributed by atoms with Crippen LogP contribution in [0, 0.1) is 0 Å². The van der Waals surface area contributed by atoms with E-state index >= 15 is 0 Å². The van der Waals surface area contributed by atoms with Gasteiger partial charge in [-0.05, 0) is 19.3 Å². The van der Waals surface area contributed by atoms with Crippen molar-refractivity contribution in [2.75, 3.05) is 13.2 Å². The first-order valence-electron chi connectivity index (χ1n) is 8.68. The number of alkyl halides is 12. The summed E-state index contributed by atoms with van der Waals surface area (Å²) in [6.45, 7) is 0.226. The smallest absolute Gasteiger partial charge is 0.369 e. The quantitative estimate of drug-likeness (QED) is 0.135. The zero-order valence-electron chi connectivity index (χ0n) is 15.8. The van der Waals surface area contributed by atoms with Gasteiger partial charge in [0.15, 0.2) is 0 Å². The monoisotopic (exact) mass is 488 g/mol. The third kappa shape index (κ3) is 10.8. The van der Waals surface area contributed by atoms with Crippen LogP contribution in [0.3, 0.4) is 0 Å². The zero-order chi connectivity index (χ0) is 24.6. The highest BCUT2D eigenvalue weighted by molar-refractivity contribution is 4.75. The number of halogens is 12. The number of allylic oxidation sites excluding steroid dienone is 1. The van der Waals surface area contributed by atoms with Gasteiger partial charge in [0.25, 0.3) is 0 Å². The van der Waals surface area contributed by atoms with Crippen LogP contribution in [-0.2, 0) is 14.2 Å². The largest absolute Gasteiger partial charge is 0.483 e. The van der Waals surface area contributed by atoms with Crippen molar-refractivity contribution in [1.82, 2.24) is 0 Å². The molecule has 0 aromatic rings. The highest BCUT2D eigenvalue weighted by atomic mass is 19.4. The van der Waals surface area contributed by atoms with E-state index in [-0.39, 0.29) is 6.42 Å². The minimum atomic E-state index is -6.85. The molecule has 0 bridgehead atoms. The third-order valence-corrected chi connectivity index (χ3v) is 3.45. The van der Waals surface area contributed by atoms with Crippen molar-refractivity contribution in [3.8, 4) is 0 Å². The molecule has 0 aliphatic rings. The molecule has 0 aliphatic carbocycles. The van der Waals surface area contributed by atoms with Gasteiger partial charge in [0.1, 0.15) is 12.8 Å². The van der Waals surface area contributed by atoms with Crippen LogP contribution in [0.15, 0.2) is 12.7 Å². The van der Waals surface area contributed by atoms with Crippen molar-refractivity contribution in [1.29, 1.82) is 0 Å². The van der Waals surface area contributed by atoms with Gasteiger partial charge in [0.05, 0.1) is 6.61 Å². The normalized spacial score (nSPS) is 15.2. The van der Waals surface area contributed by atoms with Crippen molar-refractivity contribution in [2.24, 2.45) is 0 Å². The van der Waals surface area contributed by atoms with E-state index in [2.05, 4.69) is 16.1 Å². The van der Waals surface area contributed by atoms with Gasteiger partial charge in [-0.25, -0.2) is 13.9 Å². The summed E-state index contributed by atoms with van der Waals surface area (Å²) in [7, 11) is 0. The molecule has 0 heterocycles. The molecular weight excluding hydrogens is 468 g/mol. The second-order valence-electron chi connectivity index (χ2n) is 6.28. The molecule has 186 valence electrons. The first-order valence-corrected chi connectivity index (χ1v) is 8.68. The molecule has 0 N–H and O–H groups in total. The summed E-state index contributed by atoms with van der Waals surface area (Å²) >= 11 is 0. The summed E-state index contributed by atoms with van der Waals surface area (Å²) in [6.07, 6.45) is -29.5. The van der Waals surface area contributed by atoms with Gasteiger partial charge >= 0.3 is 30.6 Å². The van der Waals surface area contributed by atoms with Gasteiger partial charge in [-0.15, -0.1) is 6.58 Å². The SMILES string of the molecule is C=CCCCCCCC(F)COCC(F)(F)OC(F)(F)C(F)(F)OC(F)(F)C(F)(F)F. The summed E-state index contributed by atoms with van der Waals surface area (Å²) in [5.74, 6) is 0. The first kappa shape index (κ1) is 29.8. The van der Waals surface area contributed by atoms with Crippen LogP contribution in [0.25, 0.3) is 0 Å². The van der Waals surface area contributed by atoms with Crippen molar-refractivity contribution < 1.29 is 66.9 Å². The topological polar surface area (TPSA) is 27.7 Å². The van der Waals surface area contributed by atoms with E-state index in [0.29, 0.717) is 12.8 Å². The molecule has 0 saturated carbocycles. The fourth-order valence-corrected chi connectivity index (χ4v) is 1.95. The Morgan fingerprint density at radius 3 is 1.74 bits per heavy atom. The minimum Gasteiger partial charge on any atom is -0.369 e. The predicted molar refractivity (Wildman–Crippen MR) is 81.6 cm³/mol. The Hall–Kier alpha value is -1.22. The molecule has 0 rings (SSSR count). The lowest BCUT2D eigenvalue weighted by atomic mass is 10.1. The van der Waals surface area contributed by atoms with E-state index in [4.69, 9.17) is 0 Å². The second kappa shape index (κ2) is 11.6. The van der Waals surface area contributed by atoms with E-state index < -0.39 is 50.0 Å². The lowest BCUT2D eigenvalue weighted by molar-refractivity contribution is -0.537. The molecule has 0 aromatic heterocycles. The zero-order valence-corrected chi connectivity index (χ0v) is 15.8. The van der Waals surface area contributed by atoms with Crippen molar-refractivity contribution >= 4 is 0 Å². The highest BCUT2D eigenvalue weighted by Crippen LogP contribution is 2.47. The number of ether oxygens (including phenoxy) is 3. The first-order chi connectivity index (χ1) is 13.9. The fourth-order valence-electron chi connectivity index (χ4n) is 1.95. The molecule has 31 heavy (non-hydrogen) atoms. The van der Waals surface area contributed by atoms with Crippen LogP contribution in [0.1, 0.15) is 38.5 Å². The number of hydrogen-bond donors (Lipinski definition) is 0. The van der Waals surface area contributed by atoms with Crippen LogP contribution in [0.2, 0.25) is 0 Å². The van der Waals surface area contributed by atoms with Crippen LogP contribution in [-0.4, -0.2) is 50.0 Å². The highest BCUT2D eigenvalue weighted by Gasteiger charge is 2.72. The standard InChI is InChI=1S/C16H20F12O3/c1-2-3-4-5-6-7-8-11(17)9-29-10-12(18,19)30-15(25,26)16(27,28)31-14(23,24)13(20,21)22/h2,11H,1,3-10H2. The summed E-state index contributed by atoms with van der Waals surface area (Å²) in [4.78, 5) is 0. The maximum atomic E-state index is 13.5. The molecule has 0 aliphatic heterocycles. The van der Waals surface area contributed by atoms with Crippen molar-refractivity contribution in [2.45, 2.75) is 75.3 Å². The Morgan fingerprint density at radius 1 is 0.710 bits per heavy atom. The summed E-state index contributed by atoms with van der Waals surface area (Å²) in [6, 6.07) is 0. The maximum Gasteiger partial charge on any atom is 0.483 e. The third-order valence-electron chi connectivity index (χ3n) is 3.45. The Bertz CT molecular complexity index is 536. The van der Waals surface area contributed by atoms with Crippen LogP contribution in [0.5, 0.6) is 0 Å². The molecule has 0 amide bonds. The van der Waals surface area contributed by atoms with Crippen LogP contribution < -0.4 is 0 Å². The Morgan fingerprint density at radius 2 is 1.23 bits per heavy atom. The molecule has 0 spiro atoms. The minimum absolute atomic E-state index is 0.144. The Labute approximate surface area is 169 Å². The van der Waals surface area contributed by atoms with Gasteiger partial charge in [-0.1, -0.05) is 25.3 Å². The molecule has 1 atom stereocenters. The Balaban J connectivity index is 4.60. The lowest BCUT2D eigenvalue weighted by Gasteiger charge is -2.31. The molecule has 1 unspecified atom stereocenters. The number of hydrogen-bond acceptors (Lipinski definition) is 3. The van der Waals surface area contributed by atoms with Gasteiger partial charge < -0.3 is 4.74 Å². The maximum absolute atomic E-state index is 13.5. The molecule has 3 nitrogen and oxygen atoms in total. The van der Waals surface area contributed by atoms with E-state index in [1.807, 2.05) is 0 Å². The second-order valence-corrected chi connectivity index (χ2v) is 6.28. The van der Waals surface area contributed by atoms with Gasteiger partial charge in [0, 0.05) is 0 Å². The van der Waals surface area contributed by atoms with Gasteiger partial charge in [-0.2, -0.15) is 48.3 Å². The molecule has 0 saturated heterocycles. The summed E-state index contributed by atoms with van der Waals surface area (Å²) in [5.41, 5.74) is 0. The van der Waals surface area contributed by atoms with Crippen LogP contribution in [0.4, 0.5) is 52.7 Å². The average Bonchev–Trinajstić information content (AvgIpc) is 2.54. The lowest BCUT2D eigenvalue weighted by Crippen LogP contribution is -2.55. The molecule has 15 heteroatoms. The molecular formula is C16H20F12O3. The van der Waals surface area contributed by atoms with Gasteiger partial charge in [0.2, 0.25) is 0 Å². The van der Waals surface area contributed by atoms with Crippen LogP contribution >= 0.6 is 0 Å². The molecule has 0 radical (unpaired) electrons. The molecule has 0 fully saturated rings. The summed E-state index contributed by atoms with van der Waals surface area (Å²) < 4.78 is 160. The van der Waals surface area contributed by atoms with E-state index in [9.17, 15) is 52.7 Å². The predicted octanol–water partition coefficient (Wildman–Crippen LogP) is 6.83. The molecule has 0 aromatic carbocycles. The Kier molecular flexibility index (Phi) is 11.1. The summed E-state index contributed by atoms with van der Waals surface area (Å²) in [5, 5.41) is 0. The number of rotatable bonds is 16. The van der Waals surface area contributed by atoms with E-state index in [1.165, 1.54) is 0 Å². The fraction of sp³-hybridized carbons (Fsp3) is 0.875. The van der Waals surface area contributed by atoms with Crippen molar-refractivity contribution in [3.05, 3.63) is 12.7 Å². The van der Waals surface area contributed by atoms with Gasteiger partial charge in [-0.3, -0.25) is 0 Å². The van der Waals surface area contributed by atoms with E-state index in [0.717, 1.165) is 19.3 Å². The average molecular weight is 488 g/mol. The number of unbranched alkanes of at least 4 members (excludes halogenated alkanes) is 4. The van der Waals surface area contributed by atoms with E-state index in [1.54, 1.807) is 10.8 Å². The van der Waals surface area contributed by atoms with Crippen molar-refractivity contribution in [3.63, 3.8) is 0 Å².